The van der Waals surface area contributed by atoms with Gasteiger partial charge in [-0.2, -0.15) is 0 Å². The van der Waals surface area contributed by atoms with Crippen LogP contribution in [0.2, 0.25) is 0 Å². The molecule has 4 atom stereocenters. The standard InChI is InChI=1S/C29H32F2O2/c1-3-15-33-29-27(30)16-21(17-28(29)31)6-5-20-7-9-22(10-8-20)23-11-12-25-19-26(32-4-2)14-13-24(25)18-23/h3,7-10,16-17,23-26H,1,4,11-15,18-19H2,2H3. The van der Waals surface area contributed by atoms with E-state index in [1.54, 1.807) is 0 Å². The number of fused-ring (bicyclic) bond motifs is 1. The van der Waals surface area contributed by atoms with Crippen LogP contribution in [0.25, 0.3) is 0 Å². The van der Waals surface area contributed by atoms with Crippen LogP contribution in [0.5, 0.6) is 5.75 Å². The third-order valence-electron chi connectivity index (χ3n) is 7.04. The van der Waals surface area contributed by atoms with Crippen molar-refractivity contribution in [3.05, 3.63) is 77.4 Å². The first-order valence-corrected chi connectivity index (χ1v) is 12.0. The van der Waals surface area contributed by atoms with Crippen LogP contribution < -0.4 is 4.74 Å². The molecule has 0 amide bonds. The molecule has 0 aliphatic heterocycles. The summed E-state index contributed by atoms with van der Waals surface area (Å²) in [6.07, 6.45) is 9.36. The van der Waals surface area contributed by atoms with E-state index in [1.165, 1.54) is 62.3 Å². The first-order valence-electron chi connectivity index (χ1n) is 12.0. The molecule has 2 fully saturated rings. The van der Waals surface area contributed by atoms with E-state index in [-0.39, 0.29) is 12.2 Å². The van der Waals surface area contributed by atoms with Gasteiger partial charge in [-0.3, -0.25) is 0 Å². The molecule has 0 heterocycles. The van der Waals surface area contributed by atoms with Gasteiger partial charge in [-0.05, 0) is 93.0 Å². The zero-order chi connectivity index (χ0) is 23.2. The predicted octanol–water partition coefficient (Wildman–Crippen LogP) is 7.02. The summed E-state index contributed by atoms with van der Waals surface area (Å²) in [5.41, 5.74) is 2.48. The molecule has 0 bridgehead atoms. The van der Waals surface area contributed by atoms with Gasteiger partial charge < -0.3 is 9.47 Å². The molecule has 2 saturated carbocycles. The van der Waals surface area contributed by atoms with Gasteiger partial charge in [-0.15, -0.1) is 0 Å². The van der Waals surface area contributed by atoms with E-state index in [4.69, 9.17) is 9.47 Å². The number of rotatable bonds is 6. The number of hydrogen-bond donors (Lipinski definition) is 0. The van der Waals surface area contributed by atoms with Crippen molar-refractivity contribution in [2.24, 2.45) is 11.8 Å². The Hall–Kier alpha value is -2.64. The summed E-state index contributed by atoms with van der Waals surface area (Å²) in [6.45, 7) is 6.43. The Balaban J connectivity index is 1.38. The summed E-state index contributed by atoms with van der Waals surface area (Å²) >= 11 is 0. The summed E-state index contributed by atoms with van der Waals surface area (Å²) in [5.74, 6) is 6.17. The van der Waals surface area contributed by atoms with Crippen molar-refractivity contribution in [3.8, 4) is 17.6 Å². The molecule has 4 rings (SSSR count). The maximum Gasteiger partial charge on any atom is 0.191 e. The Labute approximate surface area is 196 Å². The third kappa shape index (κ3) is 5.84. The van der Waals surface area contributed by atoms with Gasteiger partial charge >= 0.3 is 0 Å². The monoisotopic (exact) mass is 450 g/mol. The highest BCUT2D eigenvalue weighted by atomic mass is 19.1. The van der Waals surface area contributed by atoms with Crippen molar-refractivity contribution < 1.29 is 18.3 Å². The van der Waals surface area contributed by atoms with Crippen molar-refractivity contribution in [1.82, 2.24) is 0 Å². The van der Waals surface area contributed by atoms with Gasteiger partial charge in [0.15, 0.2) is 17.4 Å². The van der Waals surface area contributed by atoms with Gasteiger partial charge in [-0.1, -0.05) is 36.6 Å². The molecular formula is C29H32F2O2. The Bertz CT molecular complexity index is 995. The highest BCUT2D eigenvalue weighted by Crippen LogP contribution is 2.46. The second kappa shape index (κ2) is 11.0. The third-order valence-corrected chi connectivity index (χ3v) is 7.04. The smallest absolute Gasteiger partial charge is 0.191 e. The van der Waals surface area contributed by atoms with Crippen LogP contribution in [0.1, 0.15) is 68.1 Å². The van der Waals surface area contributed by atoms with E-state index in [2.05, 4.69) is 37.5 Å². The zero-order valence-corrected chi connectivity index (χ0v) is 19.3. The van der Waals surface area contributed by atoms with Crippen LogP contribution in [-0.4, -0.2) is 19.3 Å². The minimum Gasteiger partial charge on any atom is -0.483 e. The molecule has 2 aromatic carbocycles. The van der Waals surface area contributed by atoms with Crippen LogP contribution in [0.15, 0.2) is 49.1 Å². The van der Waals surface area contributed by atoms with Gasteiger partial charge in [0.2, 0.25) is 0 Å². The van der Waals surface area contributed by atoms with Crippen molar-refractivity contribution in [1.29, 1.82) is 0 Å². The Morgan fingerprint density at radius 2 is 1.61 bits per heavy atom. The average molecular weight is 451 g/mol. The Kier molecular flexibility index (Phi) is 7.83. The topological polar surface area (TPSA) is 18.5 Å². The quantitative estimate of drug-likeness (QED) is 0.348. The van der Waals surface area contributed by atoms with E-state index in [9.17, 15) is 8.78 Å². The highest BCUT2D eigenvalue weighted by molar-refractivity contribution is 5.46. The largest absolute Gasteiger partial charge is 0.483 e. The van der Waals surface area contributed by atoms with Crippen molar-refractivity contribution in [2.45, 2.75) is 57.5 Å². The first-order chi connectivity index (χ1) is 16.1. The fourth-order valence-corrected chi connectivity index (χ4v) is 5.43. The molecule has 2 aromatic rings. The number of halogens is 2. The normalized spacial score (nSPS) is 24.3. The average Bonchev–Trinajstić information content (AvgIpc) is 2.82. The van der Waals surface area contributed by atoms with Crippen LogP contribution in [0.3, 0.4) is 0 Å². The van der Waals surface area contributed by atoms with Gasteiger partial charge in [-0.25, -0.2) is 8.78 Å². The second-order valence-corrected chi connectivity index (χ2v) is 9.16. The number of benzene rings is 2. The van der Waals surface area contributed by atoms with E-state index in [1.807, 2.05) is 12.1 Å². The predicted molar refractivity (Wildman–Crippen MR) is 127 cm³/mol. The molecular weight excluding hydrogens is 418 g/mol. The molecule has 0 aromatic heterocycles. The fraction of sp³-hybridized carbons (Fsp3) is 0.448. The minimum absolute atomic E-state index is 0.0431. The lowest BCUT2D eigenvalue weighted by atomic mass is 9.65. The Morgan fingerprint density at radius 1 is 0.939 bits per heavy atom. The summed E-state index contributed by atoms with van der Waals surface area (Å²) in [5, 5.41) is 0. The fourth-order valence-electron chi connectivity index (χ4n) is 5.43. The summed E-state index contributed by atoms with van der Waals surface area (Å²) < 4.78 is 39.2. The van der Waals surface area contributed by atoms with Gasteiger partial charge in [0, 0.05) is 17.7 Å². The van der Waals surface area contributed by atoms with Crippen LogP contribution in [0, 0.1) is 35.3 Å². The molecule has 0 saturated heterocycles. The van der Waals surface area contributed by atoms with Crippen LogP contribution in [0.4, 0.5) is 8.78 Å². The maximum absolute atomic E-state index is 14.1. The molecule has 0 N–H and O–H groups in total. The summed E-state index contributed by atoms with van der Waals surface area (Å²) in [4.78, 5) is 0. The lowest BCUT2D eigenvalue weighted by Crippen LogP contribution is -2.33. The van der Waals surface area contributed by atoms with E-state index >= 15 is 0 Å². The molecule has 33 heavy (non-hydrogen) atoms. The van der Waals surface area contributed by atoms with Crippen molar-refractivity contribution in [3.63, 3.8) is 0 Å². The molecule has 0 radical (unpaired) electrons. The molecule has 4 unspecified atom stereocenters. The molecule has 2 nitrogen and oxygen atoms in total. The lowest BCUT2D eigenvalue weighted by Gasteiger charge is -2.42. The second-order valence-electron chi connectivity index (χ2n) is 9.16. The zero-order valence-electron chi connectivity index (χ0n) is 19.3. The van der Waals surface area contributed by atoms with Crippen LogP contribution >= 0.6 is 0 Å². The number of ether oxygens (including phenoxy) is 2. The Morgan fingerprint density at radius 3 is 2.30 bits per heavy atom. The van der Waals surface area contributed by atoms with E-state index in [0.717, 1.165) is 24.0 Å². The molecule has 2 aliphatic carbocycles. The molecule has 4 heteroatoms. The number of hydrogen-bond acceptors (Lipinski definition) is 2. The molecule has 174 valence electrons. The van der Waals surface area contributed by atoms with Crippen molar-refractivity contribution in [2.75, 3.05) is 13.2 Å². The van der Waals surface area contributed by atoms with E-state index in [0.29, 0.717) is 12.0 Å². The summed E-state index contributed by atoms with van der Waals surface area (Å²) in [7, 11) is 0. The maximum atomic E-state index is 14.1. The van der Waals surface area contributed by atoms with Crippen molar-refractivity contribution >= 4 is 0 Å². The molecule has 2 aliphatic rings. The first kappa shape index (κ1) is 23.5. The summed E-state index contributed by atoms with van der Waals surface area (Å²) in [6, 6.07) is 10.7. The SMILES string of the molecule is C=CCOc1c(F)cc(C#Cc2ccc(C3CCC4CC(OCC)CCC4C3)cc2)cc1F. The van der Waals surface area contributed by atoms with E-state index < -0.39 is 17.4 Å². The lowest BCUT2D eigenvalue weighted by molar-refractivity contribution is -0.00955. The molecule has 0 spiro atoms. The van der Waals surface area contributed by atoms with Gasteiger partial charge in [0.25, 0.3) is 0 Å². The van der Waals surface area contributed by atoms with Gasteiger partial charge in [0.05, 0.1) is 6.10 Å². The minimum atomic E-state index is -0.762. The highest BCUT2D eigenvalue weighted by Gasteiger charge is 2.36. The van der Waals surface area contributed by atoms with Gasteiger partial charge in [0.1, 0.15) is 6.61 Å². The van der Waals surface area contributed by atoms with Crippen LogP contribution in [-0.2, 0) is 4.74 Å².